The van der Waals surface area contributed by atoms with Crippen LogP contribution < -0.4 is 0 Å². The molecule has 0 amide bonds. The lowest BCUT2D eigenvalue weighted by Crippen LogP contribution is -1.88. The first kappa shape index (κ1) is 10.7. The van der Waals surface area contributed by atoms with Gasteiger partial charge in [0, 0.05) is 0 Å². The molecule has 0 aliphatic rings. The number of hydrogen-bond acceptors (Lipinski definition) is 0. The van der Waals surface area contributed by atoms with E-state index in [1.807, 2.05) is 13.0 Å². The van der Waals surface area contributed by atoms with E-state index in [2.05, 4.69) is 56.0 Å². The van der Waals surface area contributed by atoms with Crippen LogP contribution in [0.3, 0.4) is 0 Å². The molecule has 0 saturated heterocycles. The van der Waals surface area contributed by atoms with Crippen LogP contribution in [0, 0.1) is 6.92 Å². The van der Waals surface area contributed by atoms with Gasteiger partial charge in [-0.05, 0) is 41.3 Å². The maximum atomic E-state index is 3.91. The van der Waals surface area contributed by atoms with Crippen LogP contribution >= 0.6 is 0 Å². The fraction of sp³-hybridized carbons (Fsp3) is 0.125. The van der Waals surface area contributed by atoms with Crippen LogP contribution in [0.25, 0.3) is 22.9 Å². The zero-order valence-corrected chi connectivity index (χ0v) is 9.83. The molecule has 2 aromatic carbocycles. The number of allylic oxidation sites excluding steroid dienone is 1. The largest absolute Gasteiger partial charge is 0.0984 e. The molecule has 16 heavy (non-hydrogen) atoms. The monoisotopic (exact) mass is 208 g/mol. The predicted molar refractivity (Wildman–Crippen MR) is 73.5 cm³/mol. The molecule has 2 rings (SSSR count). The summed E-state index contributed by atoms with van der Waals surface area (Å²) in [5, 5.41) is 2.58. The van der Waals surface area contributed by atoms with Crippen LogP contribution in [0.1, 0.15) is 23.6 Å². The van der Waals surface area contributed by atoms with Crippen LogP contribution in [0.5, 0.6) is 0 Å². The van der Waals surface area contributed by atoms with Crippen molar-refractivity contribution < 1.29 is 0 Å². The Hall–Kier alpha value is -1.82. The van der Waals surface area contributed by atoms with Crippen molar-refractivity contribution in [2.45, 2.75) is 13.8 Å². The van der Waals surface area contributed by atoms with Gasteiger partial charge in [0.15, 0.2) is 0 Å². The van der Waals surface area contributed by atoms with E-state index in [1.54, 1.807) is 0 Å². The minimum atomic E-state index is 1.23. The minimum absolute atomic E-state index is 1.23. The number of fused-ring (bicyclic) bond motifs is 1. The van der Waals surface area contributed by atoms with Gasteiger partial charge in [0.05, 0.1) is 0 Å². The molecular weight excluding hydrogens is 192 g/mol. The van der Waals surface area contributed by atoms with Crippen molar-refractivity contribution >= 4 is 22.9 Å². The first-order valence-corrected chi connectivity index (χ1v) is 5.55. The van der Waals surface area contributed by atoms with Gasteiger partial charge in [0.2, 0.25) is 0 Å². The Bertz CT molecular complexity index is 560. The second-order valence-electron chi connectivity index (χ2n) is 3.95. The van der Waals surface area contributed by atoms with Gasteiger partial charge < -0.3 is 0 Å². The molecule has 0 heteroatoms. The van der Waals surface area contributed by atoms with Crippen molar-refractivity contribution in [3.8, 4) is 0 Å². The van der Waals surface area contributed by atoms with Gasteiger partial charge >= 0.3 is 0 Å². The third-order valence-electron chi connectivity index (χ3n) is 2.88. The predicted octanol–water partition coefficient (Wildman–Crippen LogP) is 4.82. The highest BCUT2D eigenvalue weighted by Gasteiger charge is 2.05. The van der Waals surface area contributed by atoms with E-state index in [9.17, 15) is 0 Å². The third-order valence-corrected chi connectivity index (χ3v) is 2.88. The summed E-state index contributed by atoms with van der Waals surface area (Å²) in [5.74, 6) is 0. The highest BCUT2D eigenvalue weighted by atomic mass is 14.1. The zero-order valence-electron chi connectivity index (χ0n) is 9.83. The molecule has 0 aliphatic carbocycles. The van der Waals surface area contributed by atoms with Gasteiger partial charge in [0.25, 0.3) is 0 Å². The Morgan fingerprint density at radius 1 is 1.12 bits per heavy atom. The Kier molecular flexibility index (Phi) is 2.91. The van der Waals surface area contributed by atoms with Gasteiger partial charge in [0.1, 0.15) is 0 Å². The SMILES string of the molecule is C=Cc1c(C)cc2ccccc2c1C=CC. The van der Waals surface area contributed by atoms with Crippen LogP contribution in [0.15, 0.2) is 43.0 Å². The molecule has 0 atom stereocenters. The van der Waals surface area contributed by atoms with Gasteiger partial charge in [-0.1, -0.05) is 55.1 Å². The molecule has 80 valence electrons. The van der Waals surface area contributed by atoms with E-state index in [4.69, 9.17) is 0 Å². The lowest BCUT2D eigenvalue weighted by Gasteiger charge is -2.10. The minimum Gasteiger partial charge on any atom is -0.0984 e. The van der Waals surface area contributed by atoms with Gasteiger partial charge in [-0.15, -0.1) is 0 Å². The number of benzene rings is 2. The van der Waals surface area contributed by atoms with Crippen LogP contribution in [-0.4, -0.2) is 0 Å². The second kappa shape index (κ2) is 4.36. The zero-order chi connectivity index (χ0) is 11.5. The summed E-state index contributed by atoms with van der Waals surface area (Å²) in [6, 6.07) is 10.7. The highest BCUT2D eigenvalue weighted by Crippen LogP contribution is 2.27. The van der Waals surface area contributed by atoms with Gasteiger partial charge in [-0.3, -0.25) is 0 Å². The maximum Gasteiger partial charge on any atom is -0.0105 e. The molecule has 0 bridgehead atoms. The highest BCUT2D eigenvalue weighted by molar-refractivity contribution is 5.95. The summed E-state index contributed by atoms with van der Waals surface area (Å²) in [5.41, 5.74) is 3.78. The lowest BCUT2D eigenvalue weighted by atomic mass is 9.94. The van der Waals surface area contributed by atoms with E-state index >= 15 is 0 Å². The molecule has 0 unspecified atom stereocenters. The van der Waals surface area contributed by atoms with E-state index in [0.29, 0.717) is 0 Å². The quantitative estimate of drug-likeness (QED) is 0.663. The number of hydrogen-bond donors (Lipinski definition) is 0. The average molecular weight is 208 g/mol. The molecule has 0 heterocycles. The standard InChI is InChI=1S/C16H16/c1-4-8-16-14(5-2)12(3)11-13-9-6-7-10-15(13)16/h4-11H,2H2,1,3H3. The summed E-state index contributed by atoms with van der Waals surface area (Å²) < 4.78 is 0. The molecule has 0 aromatic heterocycles. The Morgan fingerprint density at radius 3 is 2.56 bits per heavy atom. The maximum absolute atomic E-state index is 3.91. The van der Waals surface area contributed by atoms with Gasteiger partial charge in [-0.2, -0.15) is 0 Å². The van der Waals surface area contributed by atoms with Crippen molar-refractivity contribution in [2.75, 3.05) is 0 Å². The Morgan fingerprint density at radius 2 is 1.88 bits per heavy atom. The van der Waals surface area contributed by atoms with E-state index in [-0.39, 0.29) is 0 Å². The summed E-state index contributed by atoms with van der Waals surface area (Å²) in [6.45, 7) is 8.09. The van der Waals surface area contributed by atoms with Crippen LogP contribution in [-0.2, 0) is 0 Å². The Balaban J connectivity index is 2.92. The van der Waals surface area contributed by atoms with Crippen molar-refractivity contribution in [3.63, 3.8) is 0 Å². The normalized spacial score (nSPS) is 11.1. The second-order valence-corrected chi connectivity index (χ2v) is 3.95. The first-order chi connectivity index (χ1) is 7.77. The molecule has 0 N–H and O–H groups in total. The average Bonchev–Trinajstić information content (AvgIpc) is 2.29. The topological polar surface area (TPSA) is 0 Å². The van der Waals surface area contributed by atoms with Crippen LogP contribution in [0.2, 0.25) is 0 Å². The summed E-state index contributed by atoms with van der Waals surface area (Å²) in [7, 11) is 0. The fourth-order valence-corrected chi connectivity index (χ4v) is 2.15. The van der Waals surface area contributed by atoms with E-state index < -0.39 is 0 Å². The van der Waals surface area contributed by atoms with Gasteiger partial charge in [-0.25, -0.2) is 0 Å². The number of aryl methyl sites for hydroxylation is 1. The number of rotatable bonds is 2. The molecule has 0 nitrogen and oxygen atoms in total. The van der Waals surface area contributed by atoms with Crippen LogP contribution in [0.4, 0.5) is 0 Å². The molecule has 0 radical (unpaired) electrons. The van der Waals surface area contributed by atoms with E-state index in [1.165, 1.54) is 27.5 Å². The fourth-order valence-electron chi connectivity index (χ4n) is 2.15. The summed E-state index contributed by atoms with van der Waals surface area (Å²) in [4.78, 5) is 0. The van der Waals surface area contributed by atoms with Crippen molar-refractivity contribution in [1.29, 1.82) is 0 Å². The smallest absolute Gasteiger partial charge is 0.0105 e. The van der Waals surface area contributed by atoms with Crippen molar-refractivity contribution in [1.82, 2.24) is 0 Å². The van der Waals surface area contributed by atoms with Crippen molar-refractivity contribution in [2.24, 2.45) is 0 Å². The Labute approximate surface area is 96.9 Å². The molecule has 2 aromatic rings. The summed E-state index contributed by atoms with van der Waals surface area (Å²) >= 11 is 0. The first-order valence-electron chi connectivity index (χ1n) is 5.55. The third kappa shape index (κ3) is 1.67. The molecule has 0 aliphatic heterocycles. The molecule has 0 spiro atoms. The van der Waals surface area contributed by atoms with E-state index in [0.717, 1.165) is 0 Å². The van der Waals surface area contributed by atoms with Crippen molar-refractivity contribution in [3.05, 3.63) is 59.7 Å². The molecule has 0 saturated carbocycles. The summed E-state index contributed by atoms with van der Waals surface area (Å²) in [6.07, 6.45) is 6.18. The molecule has 0 fully saturated rings. The lowest BCUT2D eigenvalue weighted by molar-refractivity contribution is 1.46. The molecular formula is C16H16.